The van der Waals surface area contributed by atoms with E-state index >= 15 is 0 Å². The smallest absolute Gasteiger partial charge is 0.306 e. The lowest BCUT2D eigenvalue weighted by Gasteiger charge is -2.18. The molecule has 0 N–H and O–H groups in total. The van der Waals surface area contributed by atoms with Crippen molar-refractivity contribution in [3.05, 3.63) is 85.1 Å². The Balaban J connectivity index is 4.31. The van der Waals surface area contributed by atoms with Crippen LogP contribution in [0.15, 0.2) is 85.1 Å². The molecule has 348 valence electrons. The van der Waals surface area contributed by atoms with Crippen LogP contribution >= 0.6 is 0 Å². The number of carbonyl (C=O) groups is 3. The molecule has 0 bridgehead atoms. The van der Waals surface area contributed by atoms with E-state index in [2.05, 4.69) is 106 Å². The van der Waals surface area contributed by atoms with Gasteiger partial charge in [-0.05, 0) is 89.9 Å². The summed E-state index contributed by atoms with van der Waals surface area (Å²) >= 11 is 0. The molecular formula is C55H92O6. The van der Waals surface area contributed by atoms with Gasteiger partial charge in [0.15, 0.2) is 6.10 Å². The predicted octanol–water partition coefficient (Wildman–Crippen LogP) is 16.4. The van der Waals surface area contributed by atoms with Crippen molar-refractivity contribution >= 4 is 17.9 Å². The second-order valence-corrected chi connectivity index (χ2v) is 16.3. The van der Waals surface area contributed by atoms with Gasteiger partial charge in [0.1, 0.15) is 13.2 Å². The molecule has 0 aliphatic carbocycles. The van der Waals surface area contributed by atoms with Crippen LogP contribution in [0.4, 0.5) is 0 Å². The van der Waals surface area contributed by atoms with E-state index in [4.69, 9.17) is 14.2 Å². The molecule has 0 amide bonds. The summed E-state index contributed by atoms with van der Waals surface area (Å²) in [5.74, 6) is -0.919. The molecule has 0 saturated carbocycles. The maximum atomic E-state index is 12.8. The lowest BCUT2D eigenvalue weighted by molar-refractivity contribution is -0.167. The molecule has 6 nitrogen and oxygen atoms in total. The molecule has 0 aromatic rings. The number of carbonyl (C=O) groups excluding carboxylic acids is 3. The molecule has 0 saturated heterocycles. The Morgan fingerprint density at radius 2 is 0.639 bits per heavy atom. The minimum Gasteiger partial charge on any atom is -0.462 e. The molecule has 0 aromatic heterocycles. The summed E-state index contributed by atoms with van der Waals surface area (Å²) in [6, 6.07) is 0. The molecule has 6 heteroatoms. The molecular weight excluding hydrogens is 757 g/mol. The fraction of sp³-hybridized carbons (Fsp3) is 0.691. The molecule has 0 radical (unpaired) electrons. The highest BCUT2D eigenvalue weighted by Crippen LogP contribution is 2.14. The minimum atomic E-state index is -0.785. The Morgan fingerprint density at radius 1 is 0.344 bits per heavy atom. The van der Waals surface area contributed by atoms with Gasteiger partial charge in [-0.25, -0.2) is 0 Å². The third-order valence-corrected chi connectivity index (χ3v) is 10.4. The fourth-order valence-electron chi connectivity index (χ4n) is 6.68. The summed E-state index contributed by atoms with van der Waals surface area (Å²) in [4.78, 5) is 37.8. The van der Waals surface area contributed by atoms with Gasteiger partial charge in [-0.2, -0.15) is 0 Å². The monoisotopic (exact) mass is 849 g/mol. The van der Waals surface area contributed by atoms with Crippen molar-refractivity contribution in [2.24, 2.45) is 0 Å². The van der Waals surface area contributed by atoms with Crippen molar-refractivity contribution in [3.8, 4) is 0 Å². The normalized spacial score (nSPS) is 12.8. The molecule has 0 aliphatic heterocycles. The average molecular weight is 849 g/mol. The van der Waals surface area contributed by atoms with Crippen LogP contribution in [0, 0.1) is 0 Å². The Labute approximate surface area is 375 Å². The van der Waals surface area contributed by atoms with Gasteiger partial charge >= 0.3 is 17.9 Å². The van der Waals surface area contributed by atoms with Gasteiger partial charge in [0.2, 0.25) is 0 Å². The summed E-state index contributed by atoms with van der Waals surface area (Å²) in [5.41, 5.74) is 0. The lowest BCUT2D eigenvalue weighted by Crippen LogP contribution is -2.30. The van der Waals surface area contributed by atoms with Gasteiger partial charge in [0.05, 0.1) is 0 Å². The zero-order valence-electron chi connectivity index (χ0n) is 39.7. The summed E-state index contributed by atoms with van der Waals surface area (Å²) < 4.78 is 16.7. The number of rotatable bonds is 44. The first kappa shape index (κ1) is 57.6. The van der Waals surface area contributed by atoms with Crippen LogP contribution in [-0.4, -0.2) is 37.2 Å². The lowest BCUT2D eigenvalue weighted by atomic mass is 10.1. The van der Waals surface area contributed by atoms with Crippen molar-refractivity contribution < 1.29 is 28.6 Å². The van der Waals surface area contributed by atoms with Crippen molar-refractivity contribution in [3.63, 3.8) is 0 Å². The van der Waals surface area contributed by atoms with E-state index in [1.807, 2.05) is 0 Å². The second-order valence-electron chi connectivity index (χ2n) is 16.3. The van der Waals surface area contributed by atoms with Crippen LogP contribution in [-0.2, 0) is 28.6 Å². The standard InChI is InChI=1S/C55H92O6/c1-4-7-10-13-16-18-20-22-24-26-27-29-30-32-34-36-39-42-45-48-54(57)60-51-52(50-59-53(56)47-44-41-38-15-12-9-6-3)61-55(58)49-46-43-40-37-35-33-31-28-25-23-21-19-17-14-11-8-5-2/h7-8,10-11,16-19,22-25,27,29,52H,4-6,9,12-15,20-21,26,28,30-51H2,1-3H3/b10-7-,11-8-,18-16-,19-17-,24-22-,25-23-,29-27-. The second kappa shape index (κ2) is 49.2. The highest BCUT2D eigenvalue weighted by Gasteiger charge is 2.19. The van der Waals surface area contributed by atoms with Gasteiger partial charge in [0, 0.05) is 19.3 Å². The Morgan fingerprint density at radius 3 is 1.00 bits per heavy atom. The Kier molecular flexibility index (Phi) is 46.5. The van der Waals surface area contributed by atoms with Crippen molar-refractivity contribution in [1.82, 2.24) is 0 Å². The fourth-order valence-corrected chi connectivity index (χ4v) is 6.68. The van der Waals surface area contributed by atoms with E-state index in [1.54, 1.807) is 0 Å². The molecule has 61 heavy (non-hydrogen) atoms. The van der Waals surface area contributed by atoms with Crippen molar-refractivity contribution in [2.45, 2.75) is 232 Å². The van der Waals surface area contributed by atoms with Gasteiger partial charge in [-0.1, -0.05) is 202 Å². The van der Waals surface area contributed by atoms with Gasteiger partial charge in [-0.3, -0.25) is 14.4 Å². The zero-order valence-corrected chi connectivity index (χ0v) is 39.7. The van der Waals surface area contributed by atoms with E-state index in [0.717, 1.165) is 116 Å². The highest BCUT2D eigenvalue weighted by molar-refractivity contribution is 5.71. The van der Waals surface area contributed by atoms with E-state index in [-0.39, 0.29) is 31.1 Å². The van der Waals surface area contributed by atoms with Crippen LogP contribution in [0.1, 0.15) is 226 Å². The number of unbranched alkanes of at least 4 members (excludes halogenated alkanes) is 19. The van der Waals surface area contributed by atoms with Crippen LogP contribution in [0.3, 0.4) is 0 Å². The third kappa shape index (κ3) is 47.5. The molecule has 0 aliphatic rings. The molecule has 0 spiro atoms. The number of hydrogen-bond acceptors (Lipinski definition) is 6. The molecule has 1 unspecified atom stereocenters. The van der Waals surface area contributed by atoms with E-state index in [9.17, 15) is 14.4 Å². The summed E-state index contributed by atoms with van der Waals surface area (Å²) in [7, 11) is 0. The number of allylic oxidation sites excluding steroid dienone is 14. The largest absolute Gasteiger partial charge is 0.462 e. The van der Waals surface area contributed by atoms with Gasteiger partial charge in [0.25, 0.3) is 0 Å². The maximum absolute atomic E-state index is 12.8. The number of hydrogen-bond donors (Lipinski definition) is 0. The summed E-state index contributed by atoms with van der Waals surface area (Å²) in [6.07, 6.45) is 62.9. The summed E-state index contributed by atoms with van der Waals surface area (Å²) in [6.45, 7) is 6.34. The van der Waals surface area contributed by atoms with Crippen LogP contribution in [0.2, 0.25) is 0 Å². The Bertz CT molecular complexity index is 1200. The van der Waals surface area contributed by atoms with Crippen LogP contribution < -0.4 is 0 Å². The molecule has 0 fully saturated rings. The molecule has 0 aromatic carbocycles. The molecule has 0 rings (SSSR count). The van der Waals surface area contributed by atoms with Crippen LogP contribution in [0.5, 0.6) is 0 Å². The highest BCUT2D eigenvalue weighted by atomic mass is 16.6. The number of esters is 3. The van der Waals surface area contributed by atoms with Crippen LogP contribution in [0.25, 0.3) is 0 Å². The first-order chi connectivity index (χ1) is 30.0. The quantitative estimate of drug-likeness (QED) is 0.0263. The van der Waals surface area contributed by atoms with Gasteiger partial charge < -0.3 is 14.2 Å². The SMILES string of the molecule is CC/C=C\C/C=C\C/C=C\C/C=C\CCCCCCCCC(=O)OCC(COC(=O)CCCCCCCCC)OC(=O)CCCCCCCCC/C=C\C/C=C\C/C=C\CC. The summed E-state index contributed by atoms with van der Waals surface area (Å²) in [5, 5.41) is 0. The average Bonchev–Trinajstić information content (AvgIpc) is 3.26. The molecule has 1 atom stereocenters. The van der Waals surface area contributed by atoms with Gasteiger partial charge in [-0.15, -0.1) is 0 Å². The maximum Gasteiger partial charge on any atom is 0.306 e. The molecule has 0 heterocycles. The zero-order chi connectivity index (χ0) is 44.4. The predicted molar refractivity (Wildman–Crippen MR) is 261 cm³/mol. The third-order valence-electron chi connectivity index (χ3n) is 10.4. The topological polar surface area (TPSA) is 78.9 Å². The van der Waals surface area contributed by atoms with E-state index in [0.29, 0.717) is 19.3 Å². The minimum absolute atomic E-state index is 0.0855. The van der Waals surface area contributed by atoms with Crippen molar-refractivity contribution in [1.29, 1.82) is 0 Å². The van der Waals surface area contributed by atoms with E-state index in [1.165, 1.54) is 70.6 Å². The van der Waals surface area contributed by atoms with Crippen molar-refractivity contribution in [2.75, 3.05) is 13.2 Å². The Hall–Kier alpha value is -3.41. The first-order valence-corrected chi connectivity index (χ1v) is 25.1. The number of ether oxygens (including phenoxy) is 3. The van der Waals surface area contributed by atoms with E-state index < -0.39 is 6.10 Å². The first-order valence-electron chi connectivity index (χ1n) is 25.1.